The van der Waals surface area contributed by atoms with Crippen LogP contribution < -0.4 is 10.5 Å². The molecule has 0 aliphatic carbocycles. The maximum atomic E-state index is 12.0. The van der Waals surface area contributed by atoms with Crippen molar-refractivity contribution in [3.63, 3.8) is 0 Å². The quantitative estimate of drug-likeness (QED) is 0.858. The Hall–Kier alpha value is -1.27. The van der Waals surface area contributed by atoms with E-state index in [1.807, 2.05) is 0 Å². The number of rotatable bonds is 6. The van der Waals surface area contributed by atoms with Gasteiger partial charge in [0.15, 0.2) is 0 Å². The molecule has 0 radical (unpaired) electrons. The molecular weight excluding hydrogens is 247 g/mol. The van der Waals surface area contributed by atoms with Crippen molar-refractivity contribution >= 4 is 0 Å². The molecule has 1 atom stereocenters. The average Bonchev–Trinajstić information content (AvgIpc) is 2.34. The predicted molar refractivity (Wildman–Crippen MR) is 61.4 cm³/mol. The molecule has 0 saturated heterocycles. The maximum absolute atomic E-state index is 12.0. The Kier molecular flexibility index (Phi) is 5.43. The number of ether oxygens (including phenoxy) is 2. The summed E-state index contributed by atoms with van der Waals surface area (Å²) in [5.74, 6) is 0.671. The van der Waals surface area contributed by atoms with E-state index in [9.17, 15) is 13.2 Å². The minimum atomic E-state index is -4.21. The summed E-state index contributed by atoms with van der Waals surface area (Å²) in [5, 5.41) is 0. The molecule has 18 heavy (non-hydrogen) atoms. The van der Waals surface area contributed by atoms with Gasteiger partial charge in [0.2, 0.25) is 0 Å². The van der Waals surface area contributed by atoms with Crippen LogP contribution in [0, 0.1) is 0 Å². The summed E-state index contributed by atoms with van der Waals surface area (Å²) in [6.45, 7) is -0.262. The zero-order chi connectivity index (χ0) is 13.6. The Morgan fingerprint density at radius 1 is 1.22 bits per heavy atom. The molecular formula is C12H16F3NO2. The number of halogens is 3. The van der Waals surface area contributed by atoms with Gasteiger partial charge in [-0.25, -0.2) is 0 Å². The van der Waals surface area contributed by atoms with Gasteiger partial charge in [0.1, 0.15) is 5.75 Å². The summed E-state index contributed by atoms with van der Waals surface area (Å²) in [6, 6.07) is 6.88. The van der Waals surface area contributed by atoms with E-state index in [1.54, 1.807) is 24.3 Å². The van der Waals surface area contributed by atoms with E-state index in [2.05, 4.69) is 0 Å². The number of hydrogen-bond acceptors (Lipinski definition) is 3. The van der Waals surface area contributed by atoms with Crippen LogP contribution in [0.5, 0.6) is 5.75 Å². The highest BCUT2D eigenvalue weighted by atomic mass is 19.4. The van der Waals surface area contributed by atoms with Gasteiger partial charge >= 0.3 is 6.18 Å². The Balaban J connectivity index is 2.54. The number of methoxy groups -OCH3 is 1. The van der Waals surface area contributed by atoms with Crippen LogP contribution in [0.2, 0.25) is 0 Å². The van der Waals surface area contributed by atoms with Gasteiger partial charge in [-0.3, -0.25) is 0 Å². The smallest absolute Gasteiger partial charge is 0.391 e. The first-order valence-electron chi connectivity index (χ1n) is 5.48. The molecule has 0 bridgehead atoms. The second-order valence-corrected chi connectivity index (χ2v) is 3.73. The van der Waals surface area contributed by atoms with Gasteiger partial charge in [-0.05, 0) is 17.7 Å². The van der Waals surface area contributed by atoms with Crippen molar-refractivity contribution in [3.8, 4) is 5.75 Å². The SMILES string of the molecule is COc1ccc(C(CN)OCCC(F)(F)F)cc1. The van der Waals surface area contributed by atoms with E-state index >= 15 is 0 Å². The van der Waals surface area contributed by atoms with Crippen LogP contribution >= 0.6 is 0 Å². The van der Waals surface area contributed by atoms with Crippen LogP contribution in [0.4, 0.5) is 13.2 Å². The van der Waals surface area contributed by atoms with Crippen molar-refractivity contribution in [3.05, 3.63) is 29.8 Å². The molecule has 0 fully saturated rings. The number of alkyl halides is 3. The average molecular weight is 263 g/mol. The van der Waals surface area contributed by atoms with Crippen LogP contribution in [0.25, 0.3) is 0 Å². The van der Waals surface area contributed by atoms with Gasteiger partial charge < -0.3 is 15.2 Å². The van der Waals surface area contributed by atoms with Gasteiger partial charge in [-0.15, -0.1) is 0 Å². The third-order valence-corrected chi connectivity index (χ3v) is 2.41. The van der Waals surface area contributed by atoms with Crippen LogP contribution in [0.3, 0.4) is 0 Å². The molecule has 0 spiro atoms. The molecule has 0 heterocycles. The lowest BCUT2D eigenvalue weighted by atomic mass is 10.1. The summed E-state index contributed by atoms with van der Waals surface area (Å²) in [7, 11) is 1.54. The molecule has 2 N–H and O–H groups in total. The minimum absolute atomic E-state index is 0.129. The number of hydrogen-bond donors (Lipinski definition) is 1. The lowest BCUT2D eigenvalue weighted by Crippen LogP contribution is -2.19. The first kappa shape index (κ1) is 14.8. The zero-order valence-electron chi connectivity index (χ0n) is 10.0. The third kappa shape index (κ3) is 4.93. The standard InChI is InChI=1S/C12H16F3NO2/c1-17-10-4-2-9(3-5-10)11(8-16)18-7-6-12(13,14)15/h2-5,11H,6-8,16H2,1H3. The Labute approximate surface area is 104 Å². The molecule has 1 aromatic carbocycles. The molecule has 0 saturated carbocycles. The fraction of sp³-hybridized carbons (Fsp3) is 0.500. The number of benzene rings is 1. The van der Waals surface area contributed by atoms with Crippen LogP contribution in [0.15, 0.2) is 24.3 Å². The molecule has 0 aliphatic rings. The van der Waals surface area contributed by atoms with Crippen molar-refractivity contribution in [2.24, 2.45) is 5.73 Å². The highest BCUT2D eigenvalue weighted by molar-refractivity contribution is 5.28. The normalized spacial score (nSPS) is 13.4. The summed E-state index contributed by atoms with van der Waals surface area (Å²) in [6.07, 6.45) is -5.71. The molecule has 0 aliphatic heterocycles. The molecule has 0 amide bonds. The molecule has 102 valence electrons. The van der Waals surface area contributed by atoms with E-state index in [0.717, 1.165) is 5.56 Å². The van der Waals surface area contributed by atoms with Crippen molar-refractivity contribution in [1.82, 2.24) is 0 Å². The van der Waals surface area contributed by atoms with Crippen molar-refractivity contribution in [2.45, 2.75) is 18.7 Å². The zero-order valence-corrected chi connectivity index (χ0v) is 10.0. The van der Waals surface area contributed by atoms with Gasteiger partial charge in [0.25, 0.3) is 0 Å². The number of nitrogens with two attached hydrogens (primary N) is 1. The summed E-state index contributed by atoms with van der Waals surface area (Å²) in [4.78, 5) is 0. The molecule has 3 nitrogen and oxygen atoms in total. The van der Waals surface area contributed by atoms with Crippen LogP contribution in [0.1, 0.15) is 18.1 Å². The first-order valence-corrected chi connectivity index (χ1v) is 5.48. The predicted octanol–water partition coefficient (Wildman–Crippen LogP) is 2.66. The largest absolute Gasteiger partial charge is 0.497 e. The van der Waals surface area contributed by atoms with Crippen LogP contribution in [-0.4, -0.2) is 26.4 Å². The summed E-state index contributed by atoms with van der Waals surface area (Å²) < 4.78 is 46.1. The van der Waals surface area contributed by atoms with Crippen molar-refractivity contribution < 1.29 is 22.6 Å². The molecule has 6 heteroatoms. The van der Waals surface area contributed by atoms with Crippen molar-refractivity contribution in [2.75, 3.05) is 20.3 Å². The Bertz CT molecular complexity index is 351. The van der Waals surface area contributed by atoms with Crippen LogP contribution in [-0.2, 0) is 4.74 Å². The maximum Gasteiger partial charge on any atom is 0.391 e. The van der Waals surface area contributed by atoms with E-state index in [1.165, 1.54) is 7.11 Å². The van der Waals surface area contributed by atoms with Gasteiger partial charge in [0.05, 0.1) is 26.2 Å². The molecule has 1 unspecified atom stereocenters. The Morgan fingerprint density at radius 3 is 2.28 bits per heavy atom. The van der Waals surface area contributed by atoms with Gasteiger partial charge in [-0.2, -0.15) is 13.2 Å². The van der Waals surface area contributed by atoms with E-state index < -0.39 is 25.3 Å². The molecule has 0 aromatic heterocycles. The second-order valence-electron chi connectivity index (χ2n) is 3.73. The van der Waals surface area contributed by atoms with Crippen molar-refractivity contribution in [1.29, 1.82) is 0 Å². The molecule has 1 aromatic rings. The third-order valence-electron chi connectivity index (χ3n) is 2.41. The highest BCUT2D eigenvalue weighted by Gasteiger charge is 2.27. The van der Waals surface area contributed by atoms with Gasteiger partial charge in [0, 0.05) is 6.54 Å². The molecule has 1 rings (SSSR count). The van der Waals surface area contributed by atoms with E-state index in [4.69, 9.17) is 15.2 Å². The van der Waals surface area contributed by atoms with Gasteiger partial charge in [-0.1, -0.05) is 12.1 Å². The summed E-state index contributed by atoms with van der Waals surface area (Å²) in [5.41, 5.74) is 6.22. The van der Waals surface area contributed by atoms with E-state index in [-0.39, 0.29) is 6.54 Å². The minimum Gasteiger partial charge on any atom is -0.497 e. The fourth-order valence-electron chi connectivity index (χ4n) is 1.44. The monoisotopic (exact) mass is 263 g/mol. The lowest BCUT2D eigenvalue weighted by Gasteiger charge is -2.17. The lowest BCUT2D eigenvalue weighted by molar-refractivity contribution is -0.149. The fourth-order valence-corrected chi connectivity index (χ4v) is 1.44. The second kappa shape index (κ2) is 6.61. The topological polar surface area (TPSA) is 44.5 Å². The van der Waals surface area contributed by atoms with E-state index in [0.29, 0.717) is 5.75 Å². The summed E-state index contributed by atoms with van der Waals surface area (Å²) >= 11 is 0. The first-order chi connectivity index (χ1) is 8.46. The Morgan fingerprint density at radius 2 is 1.83 bits per heavy atom. The highest BCUT2D eigenvalue weighted by Crippen LogP contribution is 2.23.